The quantitative estimate of drug-likeness (QED) is 0.764. The molecule has 0 radical (unpaired) electrons. The summed E-state index contributed by atoms with van der Waals surface area (Å²) in [5.74, 6) is 1.02. The number of hydrogen-bond donors (Lipinski definition) is 2. The zero-order chi connectivity index (χ0) is 14.8. The SMILES string of the molecule is c1ccc(-c2cc3c(N[C@H]4CCCNC4)nccc3s2)cc1. The molecule has 2 N–H and O–H groups in total. The van der Waals surface area contributed by atoms with Crippen LogP contribution in [0, 0.1) is 0 Å². The summed E-state index contributed by atoms with van der Waals surface area (Å²) in [7, 11) is 0. The summed E-state index contributed by atoms with van der Waals surface area (Å²) in [6.45, 7) is 2.15. The van der Waals surface area contributed by atoms with Gasteiger partial charge in [0.2, 0.25) is 0 Å². The van der Waals surface area contributed by atoms with Crippen LogP contribution in [0.4, 0.5) is 5.82 Å². The summed E-state index contributed by atoms with van der Waals surface area (Å²) >= 11 is 1.83. The van der Waals surface area contributed by atoms with Gasteiger partial charge in [-0.3, -0.25) is 0 Å². The van der Waals surface area contributed by atoms with Crippen molar-refractivity contribution in [1.82, 2.24) is 10.3 Å². The van der Waals surface area contributed by atoms with Crippen LogP contribution in [0.25, 0.3) is 20.5 Å². The summed E-state index contributed by atoms with van der Waals surface area (Å²) in [5, 5.41) is 8.30. The molecular formula is C18H19N3S. The van der Waals surface area contributed by atoms with Crippen molar-refractivity contribution in [2.75, 3.05) is 18.4 Å². The normalized spacial score (nSPS) is 18.5. The Bertz CT molecular complexity index is 760. The van der Waals surface area contributed by atoms with Gasteiger partial charge in [-0.2, -0.15) is 0 Å². The molecule has 0 aliphatic carbocycles. The van der Waals surface area contributed by atoms with Crippen LogP contribution in [-0.4, -0.2) is 24.1 Å². The van der Waals surface area contributed by atoms with Crippen molar-refractivity contribution < 1.29 is 0 Å². The molecule has 0 bridgehead atoms. The first-order chi connectivity index (χ1) is 10.9. The largest absolute Gasteiger partial charge is 0.366 e. The molecule has 1 aliphatic heterocycles. The van der Waals surface area contributed by atoms with Crippen molar-refractivity contribution in [2.24, 2.45) is 0 Å². The molecule has 0 spiro atoms. The van der Waals surface area contributed by atoms with Crippen LogP contribution in [0.3, 0.4) is 0 Å². The van der Waals surface area contributed by atoms with Crippen molar-refractivity contribution in [3.8, 4) is 10.4 Å². The van der Waals surface area contributed by atoms with Gasteiger partial charge in [0.05, 0.1) is 0 Å². The number of piperidine rings is 1. The van der Waals surface area contributed by atoms with Crippen molar-refractivity contribution >= 4 is 27.2 Å². The molecule has 1 atom stereocenters. The van der Waals surface area contributed by atoms with Gasteiger partial charge >= 0.3 is 0 Å². The molecule has 3 nitrogen and oxygen atoms in total. The van der Waals surface area contributed by atoms with Gasteiger partial charge in [-0.1, -0.05) is 30.3 Å². The number of fused-ring (bicyclic) bond motifs is 1. The van der Waals surface area contributed by atoms with Crippen LogP contribution in [0.1, 0.15) is 12.8 Å². The average molecular weight is 309 g/mol. The maximum atomic E-state index is 4.58. The molecule has 2 aromatic heterocycles. The molecule has 22 heavy (non-hydrogen) atoms. The van der Waals surface area contributed by atoms with Gasteiger partial charge in [0.1, 0.15) is 5.82 Å². The summed E-state index contributed by atoms with van der Waals surface area (Å²) in [6, 6.07) is 15.4. The standard InChI is InChI=1S/C18H19N3S/c1-2-5-13(6-3-1)17-11-15-16(22-17)8-10-20-18(15)21-14-7-4-9-19-12-14/h1-3,5-6,8,10-11,14,19H,4,7,9,12H2,(H,20,21)/t14-/m0/s1. The summed E-state index contributed by atoms with van der Waals surface area (Å²) in [4.78, 5) is 5.88. The van der Waals surface area contributed by atoms with E-state index < -0.39 is 0 Å². The molecule has 112 valence electrons. The smallest absolute Gasteiger partial charge is 0.134 e. The van der Waals surface area contributed by atoms with Crippen LogP contribution in [0.2, 0.25) is 0 Å². The molecule has 1 aromatic carbocycles. The highest BCUT2D eigenvalue weighted by Gasteiger charge is 2.15. The van der Waals surface area contributed by atoms with E-state index in [-0.39, 0.29) is 0 Å². The van der Waals surface area contributed by atoms with E-state index in [0.717, 1.165) is 18.9 Å². The summed E-state index contributed by atoms with van der Waals surface area (Å²) in [6.07, 6.45) is 4.35. The lowest BCUT2D eigenvalue weighted by Crippen LogP contribution is -2.38. The fraction of sp³-hybridized carbons (Fsp3) is 0.278. The minimum absolute atomic E-state index is 0.479. The van der Waals surface area contributed by atoms with E-state index in [4.69, 9.17) is 0 Å². The van der Waals surface area contributed by atoms with Gasteiger partial charge in [-0.05, 0) is 37.1 Å². The molecule has 4 rings (SSSR count). The van der Waals surface area contributed by atoms with E-state index in [9.17, 15) is 0 Å². The fourth-order valence-corrected chi connectivity index (χ4v) is 4.05. The monoisotopic (exact) mass is 309 g/mol. The molecule has 0 unspecified atom stereocenters. The van der Waals surface area contributed by atoms with E-state index in [1.54, 1.807) is 0 Å². The van der Waals surface area contributed by atoms with E-state index in [1.165, 1.54) is 33.4 Å². The number of nitrogens with one attached hydrogen (secondary N) is 2. The van der Waals surface area contributed by atoms with E-state index in [0.29, 0.717) is 6.04 Å². The number of pyridine rings is 1. The van der Waals surface area contributed by atoms with Gasteiger partial charge < -0.3 is 10.6 Å². The Balaban J connectivity index is 1.69. The number of aromatic nitrogens is 1. The Morgan fingerprint density at radius 3 is 2.91 bits per heavy atom. The average Bonchev–Trinajstić information content (AvgIpc) is 3.02. The highest BCUT2D eigenvalue weighted by Crippen LogP contribution is 2.36. The molecular weight excluding hydrogens is 290 g/mol. The molecule has 1 saturated heterocycles. The van der Waals surface area contributed by atoms with Crippen LogP contribution < -0.4 is 10.6 Å². The lowest BCUT2D eigenvalue weighted by molar-refractivity contribution is 0.479. The van der Waals surface area contributed by atoms with Gasteiger partial charge in [-0.15, -0.1) is 11.3 Å². The van der Waals surface area contributed by atoms with E-state index in [1.807, 2.05) is 17.5 Å². The van der Waals surface area contributed by atoms with Gasteiger partial charge in [0.15, 0.2) is 0 Å². The third-order valence-corrected chi connectivity index (χ3v) is 5.29. The minimum atomic E-state index is 0.479. The lowest BCUT2D eigenvalue weighted by atomic mass is 10.1. The first-order valence-corrected chi connectivity index (χ1v) is 8.63. The lowest BCUT2D eigenvalue weighted by Gasteiger charge is -2.24. The zero-order valence-corrected chi connectivity index (χ0v) is 13.2. The van der Waals surface area contributed by atoms with Gasteiger partial charge in [-0.25, -0.2) is 4.98 Å². The van der Waals surface area contributed by atoms with Crippen LogP contribution in [0.5, 0.6) is 0 Å². The maximum absolute atomic E-state index is 4.58. The van der Waals surface area contributed by atoms with E-state index in [2.05, 4.69) is 58.1 Å². The van der Waals surface area contributed by atoms with E-state index >= 15 is 0 Å². The number of anilines is 1. The first kappa shape index (κ1) is 13.7. The van der Waals surface area contributed by atoms with Crippen molar-refractivity contribution in [2.45, 2.75) is 18.9 Å². The first-order valence-electron chi connectivity index (χ1n) is 7.81. The van der Waals surface area contributed by atoms with Gasteiger partial charge in [0, 0.05) is 33.7 Å². The van der Waals surface area contributed by atoms with Crippen LogP contribution >= 0.6 is 11.3 Å². The third kappa shape index (κ3) is 2.72. The van der Waals surface area contributed by atoms with Crippen LogP contribution in [0.15, 0.2) is 48.7 Å². The molecule has 4 heteroatoms. The number of nitrogens with zero attached hydrogens (tertiary/aromatic N) is 1. The number of rotatable bonds is 3. The number of benzene rings is 1. The fourth-order valence-electron chi connectivity index (χ4n) is 2.99. The molecule has 0 saturated carbocycles. The Labute approximate surface area is 134 Å². The second-order valence-corrected chi connectivity index (χ2v) is 6.82. The Morgan fingerprint density at radius 1 is 1.18 bits per heavy atom. The van der Waals surface area contributed by atoms with Crippen molar-refractivity contribution in [3.05, 3.63) is 48.7 Å². The molecule has 1 fully saturated rings. The Hall–Kier alpha value is -1.91. The third-order valence-electron chi connectivity index (χ3n) is 4.14. The maximum Gasteiger partial charge on any atom is 0.134 e. The number of thiophene rings is 1. The molecule has 3 aromatic rings. The summed E-state index contributed by atoms with van der Waals surface area (Å²) in [5.41, 5.74) is 1.27. The van der Waals surface area contributed by atoms with Crippen molar-refractivity contribution in [1.29, 1.82) is 0 Å². The second-order valence-electron chi connectivity index (χ2n) is 5.74. The zero-order valence-electron chi connectivity index (χ0n) is 12.4. The second kappa shape index (κ2) is 6.07. The number of hydrogen-bond acceptors (Lipinski definition) is 4. The predicted octanol–water partition coefficient (Wildman–Crippen LogP) is 4.13. The Kier molecular flexibility index (Phi) is 3.79. The molecule has 1 aliphatic rings. The predicted molar refractivity (Wildman–Crippen MR) is 94.6 cm³/mol. The topological polar surface area (TPSA) is 37.0 Å². The highest BCUT2D eigenvalue weighted by atomic mass is 32.1. The van der Waals surface area contributed by atoms with Gasteiger partial charge in [0.25, 0.3) is 0 Å². The summed E-state index contributed by atoms with van der Waals surface area (Å²) < 4.78 is 1.29. The highest BCUT2D eigenvalue weighted by molar-refractivity contribution is 7.22. The minimum Gasteiger partial charge on any atom is -0.366 e. The van der Waals surface area contributed by atoms with Crippen LogP contribution in [-0.2, 0) is 0 Å². The molecule has 0 amide bonds. The Morgan fingerprint density at radius 2 is 2.09 bits per heavy atom. The molecule has 3 heterocycles. The van der Waals surface area contributed by atoms with Crippen molar-refractivity contribution in [3.63, 3.8) is 0 Å².